The van der Waals surface area contributed by atoms with Gasteiger partial charge in [-0.2, -0.15) is 15.8 Å². The second kappa shape index (κ2) is 41.5. The first-order chi connectivity index (χ1) is 66.5. The van der Waals surface area contributed by atoms with Gasteiger partial charge in [0.2, 0.25) is 17.7 Å². The summed E-state index contributed by atoms with van der Waals surface area (Å²) in [5.74, 6) is -13.3. The molecule has 732 valence electrons. The number of aryl methyl sites for hydroxylation is 3. The van der Waals surface area contributed by atoms with E-state index in [9.17, 15) is 73.0 Å². The number of aromatic hydroxyl groups is 3. The van der Waals surface area contributed by atoms with Crippen LogP contribution in [0.15, 0.2) is 107 Å². The quantitative estimate of drug-likeness (QED) is 0.0371. The number of aromatic nitrogens is 9. The van der Waals surface area contributed by atoms with Crippen molar-refractivity contribution in [3.05, 3.63) is 255 Å². The number of benzene rings is 3. The van der Waals surface area contributed by atoms with Gasteiger partial charge in [0.05, 0.1) is 100 Å². The molecule has 3 aliphatic rings. The molecule has 27 nitrogen and oxygen atoms in total. The second-order valence-corrected chi connectivity index (χ2v) is 38.6. The summed E-state index contributed by atoms with van der Waals surface area (Å²) in [7, 11) is 0. The van der Waals surface area contributed by atoms with Crippen LogP contribution < -0.4 is 31.4 Å². The number of amides is 3. The van der Waals surface area contributed by atoms with E-state index in [2.05, 4.69) is 67.8 Å². The van der Waals surface area contributed by atoms with Crippen LogP contribution in [0.1, 0.15) is 151 Å². The number of carbonyl (C=O) groups is 3. The molecule has 0 radical (unpaired) electrons. The Hall–Kier alpha value is -12.7. The minimum atomic E-state index is -1.56. The molecule has 15 rings (SSSR count). The van der Waals surface area contributed by atoms with E-state index in [4.69, 9.17) is 104 Å². The highest BCUT2D eigenvalue weighted by atomic mass is 35.5. The predicted molar refractivity (Wildman–Crippen MR) is 537 cm³/mol. The lowest BCUT2D eigenvalue weighted by Gasteiger charge is -2.45. The molecule has 0 aliphatic carbocycles. The number of nitrogens with zero attached hydrogens (tertiary/aromatic N) is 18. The minimum absolute atomic E-state index is 0.0726. The molecular weight excluding hydrogens is 2020 g/mol. The van der Waals surface area contributed by atoms with E-state index in [0.29, 0.717) is 50.8 Å². The molecule has 3 fully saturated rings. The summed E-state index contributed by atoms with van der Waals surface area (Å²) in [5.41, 5.74) is -1.67. The SMILES string of the molecule is C=CC(=O)N1[C@H](C)CN(c2c(C#N)c(=O)n(-c3c(C)ccnc3C(C)C)c3nc(-c4c(O)c(Cl)c(Cl)c(F)c4F)c(Cl)cc23)C[C@@H]1C.C=CC(=O)N1[C@H](C)CN(c2c(C#N)c(=O)n(-c3c(C)ccnc3C(C)C)c3nc(-c4c(O)c(Cl)c(Cl)c(F)c4F)c(Cl)cc23)C[C@@H]1C.C=CC(=O)N1[C@H](C)CN(c2c(C#N)c(=O)n(-c3c(C)ccnc3C(C)C)c3nc(-c4c(O)c(Cl)c(Cl)c(F)c4F)c(Cl)cc23)C[C@@H]1C. The van der Waals surface area contributed by atoms with Crippen molar-refractivity contribution in [3.63, 3.8) is 0 Å². The lowest BCUT2D eigenvalue weighted by atomic mass is 10.0. The van der Waals surface area contributed by atoms with Gasteiger partial charge in [0.1, 0.15) is 99.2 Å². The highest BCUT2D eigenvalue weighted by molar-refractivity contribution is 6.45. The normalized spacial score (nSPS) is 16.6. The van der Waals surface area contributed by atoms with Crippen molar-refractivity contribution in [1.29, 1.82) is 15.8 Å². The first-order valence-electron chi connectivity index (χ1n) is 43.7. The van der Waals surface area contributed by atoms with Crippen molar-refractivity contribution < 1.29 is 56.0 Å². The Bertz CT molecular complexity index is 6870. The molecule has 3 amide bonds. The number of pyridine rings is 9. The van der Waals surface area contributed by atoms with E-state index in [-0.39, 0.29) is 193 Å². The van der Waals surface area contributed by atoms with Crippen LogP contribution in [0.5, 0.6) is 17.2 Å². The molecule has 0 bridgehead atoms. The van der Waals surface area contributed by atoms with Crippen molar-refractivity contribution in [3.8, 4) is 86.3 Å². The maximum Gasteiger partial charge on any atom is 0.276 e. The molecule has 12 heterocycles. The molecule has 6 atom stereocenters. The van der Waals surface area contributed by atoms with Crippen LogP contribution in [-0.4, -0.2) is 167 Å². The van der Waals surface area contributed by atoms with Crippen LogP contribution in [0.25, 0.3) is 83.9 Å². The van der Waals surface area contributed by atoms with Gasteiger partial charge >= 0.3 is 0 Å². The average Bonchev–Trinajstić information content (AvgIpc) is 0.725. The molecule has 42 heteroatoms. The van der Waals surface area contributed by atoms with Crippen LogP contribution in [0.2, 0.25) is 45.2 Å². The van der Waals surface area contributed by atoms with Crippen molar-refractivity contribution in [1.82, 2.24) is 58.3 Å². The number of carbonyl (C=O) groups excluding carboxylic acids is 3. The van der Waals surface area contributed by atoms with E-state index in [1.54, 1.807) is 72.3 Å². The zero-order chi connectivity index (χ0) is 104. The van der Waals surface area contributed by atoms with Crippen LogP contribution in [0.4, 0.5) is 43.4 Å². The van der Waals surface area contributed by atoms with E-state index in [1.165, 1.54) is 50.1 Å². The molecule has 3 aliphatic heterocycles. The van der Waals surface area contributed by atoms with Crippen LogP contribution in [-0.2, 0) is 14.4 Å². The molecular formula is C99H87Cl9F6N18O9. The number of hydrogen-bond donors (Lipinski definition) is 3. The summed E-state index contributed by atoms with van der Waals surface area (Å²) in [6.45, 7) is 39.7. The summed E-state index contributed by atoms with van der Waals surface area (Å²) in [5, 5.41) is 59.5. The highest BCUT2D eigenvalue weighted by Crippen LogP contribution is 2.52. The van der Waals surface area contributed by atoms with E-state index in [1.807, 2.05) is 97.8 Å². The largest absolute Gasteiger partial charge is 0.506 e. The van der Waals surface area contributed by atoms with Gasteiger partial charge in [-0.05, 0) is 151 Å². The molecule has 3 N–H and O–H groups in total. The molecule has 141 heavy (non-hydrogen) atoms. The van der Waals surface area contributed by atoms with Gasteiger partial charge < -0.3 is 44.7 Å². The third kappa shape index (κ3) is 18.4. The number of piperazine rings is 3. The van der Waals surface area contributed by atoms with Crippen LogP contribution >= 0.6 is 104 Å². The Morgan fingerprint density at radius 1 is 0.383 bits per heavy atom. The lowest BCUT2D eigenvalue weighted by Crippen LogP contribution is -2.58. The van der Waals surface area contributed by atoms with Crippen LogP contribution in [0, 0.1) is 89.7 Å². The number of fused-ring (bicyclic) bond motifs is 3. The number of nitriles is 3. The van der Waals surface area contributed by atoms with Crippen molar-refractivity contribution in [2.75, 3.05) is 54.0 Å². The Labute approximate surface area is 849 Å². The molecule has 0 spiro atoms. The second-order valence-electron chi connectivity index (χ2n) is 35.1. The van der Waals surface area contributed by atoms with Gasteiger partial charge in [0, 0.05) is 110 Å². The smallest absolute Gasteiger partial charge is 0.276 e. The van der Waals surface area contributed by atoms with Crippen LogP contribution in [0.3, 0.4) is 0 Å². The van der Waals surface area contributed by atoms with Gasteiger partial charge in [-0.15, -0.1) is 0 Å². The zero-order valence-electron chi connectivity index (χ0n) is 78.0. The number of phenols is 3. The van der Waals surface area contributed by atoms with Crippen molar-refractivity contribution in [2.45, 2.75) is 158 Å². The number of rotatable bonds is 15. The van der Waals surface area contributed by atoms with E-state index < -0.39 is 133 Å². The standard InChI is InChI=1S/3C33H29Cl3F2N6O3/c3*1-7-21(45)43-16(5)12-42(13-17(43)6)30-18-10-20(34)28(22-25(37)26(38)23(35)24(36)31(22)46)41-32(18)44(33(47)19(30)11-39)29-15(4)8-9-40-27(29)14(2)3/h3*7-10,14,16-17,46H,1,12-13H2,2-6H3/t3*16-,17+. The van der Waals surface area contributed by atoms with Gasteiger partial charge in [-0.1, -0.05) is 166 Å². The fourth-order valence-corrected chi connectivity index (χ4v) is 20.5. The Morgan fingerprint density at radius 3 is 0.787 bits per heavy atom. The molecule has 0 saturated carbocycles. The molecule has 12 aromatic rings. The Morgan fingerprint density at radius 2 is 0.596 bits per heavy atom. The first-order valence-corrected chi connectivity index (χ1v) is 47.1. The van der Waals surface area contributed by atoms with Gasteiger partial charge in [-0.25, -0.2) is 41.3 Å². The van der Waals surface area contributed by atoms with Gasteiger partial charge in [-0.3, -0.25) is 57.4 Å². The van der Waals surface area contributed by atoms with E-state index in [0.717, 1.165) is 0 Å². The van der Waals surface area contributed by atoms with Crippen molar-refractivity contribution in [2.24, 2.45) is 0 Å². The monoisotopic (exact) mass is 2100 g/mol. The fraction of sp³-hybridized carbons (Fsp3) is 0.303. The predicted octanol–water partition coefficient (Wildman–Crippen LogP) is 21.9. The molecule has 3 aromatic carbocycles. The third-order valence-electron chi connectivity index (χ3n) is 24.8. The summed E-state index contributed by atoms with van der Waals surface area (Å²) in [6.07, 6.45) is 8.47. The van der Waals surface area contributed by atoms with Crippen molar-refractivity contribution >= 4 is 172 Å². The third-order valence-corrected chi connectivity index (χ3v) is 28.1. The summed E-state index contributed by atoms with van der Waals surface area (Å²) in [4.78, 5) is 119. The Kier molecular flexibility index (Phi) is 31.0. The minimum Gasteiger partial charge on any atom is -0.506 e. The van der Waals surface area contributed by atoms with Gasteiger partial charge in [0.25, 0.3) is 16.7 Å². The maximum atomic E-state index is 15.5. The molecule has 0 unspecified atom stereocenters. The number of hydrogen-bond acceptors (Lipinski definition) is 21. The highest BCUT2D eigenvalue weighted by Gasteiger charge is 2.43. The first kappa shape index (κ1) is 106. The summed E-state index contributed by atoms with van der Waals surface area (Å²) in [6, 6.07) is 13.3. The molecule has 3 saturated heterocycles. The summed E-state index contributed by atoms with van der Waals surface area (Å²) < 4.78 is 94.6. The lowest BCUT2D eigenvalue weighted by molar-refractivity contribution is -0.131. The number of anilines is 3. The Balaban J connectivity index is 0.000000178. The fourth-order valence-electron chi connectivity index (χ4n) is 18.7. The van der Waals surface area contributed by atoms with Gasteiger partial charge in [0.15, 0.2) is 34.9 Å². The maximum absolute atomic E-state index is 15.5. The zero-order valence-corrected chi connectivity index (χ0v) is 84.8. The van der Waals surface area contributed by atoms with E-state index >= 15 is 13.2 Å². The average molecular weight is 2110 g/mol. The topological polar surface area (TPSA) is 346 Å². The summed E-state index contributed by atoms with van der Waals surface area (Å²) >= 11 is 55.7. The molecule has 9 aromatic heterocycles. The number of halogens is 15. The number of phenolic OH excluding ortho intramolecular Hbond substituents is 3.